The number of thiophene rings is 1. The van der Waals surface area contributed by atoms with Crippen molar-refractivity contribution in [2.45, 2.75) is 57.5 Å². The summed E-state index contributed by atoms with van der Waals surface area (Å²) in [5, 5.41) is 12.2. The molecule has 0 aliphatic carbocycles. The van der Waals surface area contributed by atoms with Gasteiger partial charge < -0.3 is 4.57 Å². The normalized spacial score (nSPS) is 11.2. The maximum absolute atomic E-state index is 4.51. The molecule has 0 N–H and O–H groups in total. The molecule has 1 aromatic carbocycles. The van der Waals surface area contributed by atoms with Crippen LogP contribution < -0.4 is 0 Å². The van der Waals surface area contributed by atoms with Crippen molar-refractivity contribution in [3.05, 3.63) is 51.7 Å². The molecule has 0 aliphatic rings. The highest BCUT2D eigenvalue weighted by Crippen LogP contribution is 2.30. The number of hydrogen-bond acceptors (Lipinski definition) is 4. The average Bonchev–Trinajstić information content (AvgIpc) is 3.22. The van der Waals surface area contributed by atoms with E-state index in [1.54, 1.807) is 11.8 Å². The maximum atomic E-state index is 4.51. The van der Waals surface area contributed by atoms with Crippen molar-refractivity contribution >= 4 is 23.1 Å². The van der Waals surface area contributed by atoms with Crippen LogP contribution in [0.2, 0.25) is 0 Å². The van der Waals surface area contributed by atoms with Gasteiger partial charge in [-0.3, -0.25) is 0 Å². The number of aromatic nitrogens is 3. The Balaban J connectivity index is 1.82. The lowest BCUT2D eigenvalue weighted by molar-refractivity contribution is 0.626. The van der Waals surface area contributed by atoms with Gasteiger partial charge in [-0.05, 0) is 37.0 Å². The van der Waals surface area contributed by atoms with Crippen LogP contribution in [0.4, 0.5) is 0 Å². The van der Waals surface area contributed by atoms with Crippen LogP contribution in [0.3, 0.4) is 0 Å². The number of nitrogens with zero attached hydrogens (tertiary/aromatic N) is 3. The Kier molecular flexibility index (Phi) is 6.32. The third-order valence-electron chi connectivity index (χ3n) is 4.19. The van der Waals surface area contributed by atoms with E-state index in [0.717, 1.165) is 36.1 Å². The molecule has 132 valence electrons. The molecule has 0 spiro atoms. The fourth-order valence-electron chi connectivity index (χ4n) is 2.82. The molecule has 0 radical (unpaired) electrons. The molecule has 3 rings (SSSR count). The van der Waals surface area contributed by atoms with E-state index >= 15 is 0 Å². The molecule has 0 amide bonds. The first-order chi connectivity index (χ1) is 12.2. The molecule has 3 nitrogen and oxygen atoms in total. The van der Waals surface area contributed by atoms with Gasteiger partial charge in [0, 0.05) is 28.1 Å². The summed E-state index contributed by atoms with van der Waals surface area (Å²) in [6.45, 7) is 7.55. The predicted octanol–water partition coefficient (Wildman–Crippen LogP) is 5.97. The Hall–Kier alpha value is -1.59. The highest BCUT2D eigenvalue weighted by Gasteiger charge is 2.15. The van der Waals surface area contributed by atoms with Gasteiger partial charge in [-0.2, -0.15) is 0 Å². The van der Waals surface area contributed by atoms with E-state index < -0.39 is 0 Å². The van der Waals surface area contributed by atoms with Crippen molar-refractivity contribution in [2.24, 2.45) is 0 Å². The molecule has 0 bridgehead atoms. The Morgan fingerprint density at radius 3 is 2.72 bits per heavy atom. The lowest BCUT2D eigenvalue weighted by Crippen LogP contribution is -2.01. The maximum Gasteiger partial charge on any atom is 0.191 e. The third-order valence-corrected chi connectivity index (χ3v) is 6.20. The number of benzene rings is 1. The van der Waals surface area contributed by atoms with Gasteiger partial charge in [0.1, 0.15) is 0 Å². The van der Waals surface area contributed by atoms with Crippen molar-refractivity contribution in [1.29, 1.82) is 0 Å². The smallest absolute Gasteiger partial charge is 0.191 e. The molecule has 25 heavy (non-hydrogen) atoms. The van der Waals surface area contributed by atoms with Gasteiger partial charge in [0.05, 0.1) is 0 Å². The van der Waals surface area contributed by atoms with Gasteiger partial charge in [0.2, 0.25) is 0 Å². The molecule has 0 aliphatic heterocycles. The molecular formula is C20H25N3S2. The summed E-state index contributed by atoms with van der Waals surface area (Å²) < 4.78 is 2.28. The lowest BCUT2D eigenvalue weighted by atomic mass is 10.1. The van der Waals surface area contributed by atoms with Gasteiger partial charge in [-0.15, -0.1) is 21.5 Å². The van der Waals surface area contributed by atoms with Gasteiger partial charge >= 0.3 is 0 Å². The van der Waals surface area contributed by atoms with E-state index in [1.165, 1.54) is 28.0 Å². The fourth-order valence-corrected chi connectivity index (χ4v) is 4.83. The molecular weight excluding hydrogens is 346 g/mol. The molecule has 0 unspecified atom stereocenters. The minimum Gasteiger partial charge on any atom is -0.302 e. The fraction of sp³-hybridized carbons (Fsp3) is 0.400. The van der Waals surface area contributed by atoms with E-state index in [2.05, 4.69) is 71.2 Å². The number of hydrogen-bond donors (Lipinski definition) is 0. The summed E-state index contributed by atoms with van der Waals surface area (Å²) in [6.07, 6.45) is 3.40. The monoisotopic (exact) mass is 371 g/mol. The number of thioether (sulfide) groups is 1. The van der Waals surface area contributed by atoms with Gasteiger partial charge in [0.15, 0.2) is 11.0 Å². The molecule has 2 aromatic heterocycles. The molecule has 3 aromatic rings. The largest absolute Gasteiger partial charge is 0.302 e. The van der Waals surface area contributed by atoms with Gasteiger partial charge in [-0.1, -0.05) is 56.3 Å². The number of rotatable bonds is 8. The molecule has 0 atom stereocenters. The van der Waals surface area contributed by atoms with Crippen LogP contribution in [0.25, 0.3) is 11.4 Å². The quantitative estimate of drug-likeness (QED) is 0.457. The molecule has 2 heterocycles. The molecule has 0 saturated carbocycles. The van der Waals surface area contributed by atoms with E-state index in [4.69, 9.17) is 0 Å². The zero-order valence-electron chi connectivity index (χ0n) is 15.2. The highest BCUT2D eigenvalue weighted by molar-refractivity contribution is 7.98. The SMILES string of the molecule is CCCc1cc(-c2nnc(SCc3ccccc3C)n2CCC)cs1. The van der Waals surface area contributed by atoms with E-state index in [9.17, 15) is 0 Å². The van der Waals surface area contributed by atoms with Crippen LogP contribution in [0, 0.1) is 6.92 Å². The third kappa shape index (κ3) is 4.33. The second-order valence-electron chi connectivity index (χ2n) is 6.22. The predicted molar refractivity (Wildman–Crippen MR) is 108 cm³/mol. The van der Waals surface area contributed by atoms with Gasteiger partial charge in [-0.25, -0.2) is 0 Å². The van der Waals surface area contributed by atoms with Crippen LogP contribution in [0.1, 0.15) is 42.7 Å². The average molecular weight is 372 g/mol. The van der Waals surface area contributed by atoms with E-state index in [1.807, 2.05) is 11.3 Å². The summed E-state index contributed by atoms with van der Waals surface area (Å²) in [5.41, 5.74) is 3.90. The minimum absolute atomic E-state index is 0.930. The Morgan fingerprint density at radius 2 is 1.96 bits per heavy atom. The van der Waals surface area contributed by atoms with Crippen molar-refractivity contribution in [2.75, 3.05) is 0 Å². The molecule has 0 saturated heterocycles. The minimum atomic E-state index is 0.930. The van der Waals surface area contributed by atoms with Gasteiger partial charge in [0.25, 0.3) is 0 Å². The Bertz CT molecular complexity index is 820. The van der Waals surface area contributed by atoms with Crippen molar-refractivity contribution in [3.8, 4) is 11.4 Å². The summed E-state index contributed by atoms with van der Waals surface area (Å²) in [6, 6.07) is 10.8. The van der Waals surface area contributed by atoms with E-state index in [-0.39, 0.29) is 0 Å². The first-order valence-electron chi connectivity index (χ1n) is 8.91. The first kappa shape index (κ1) is 18.2. The summed E-state index contributed by atoms with van der Waals surface area (Å²) >= 11 is 3.61. The number of aryl methyl sites for hydroxylation is 2. The second kappa shape index (κ2) is 8.68. The zero-order valence-corrected chi connectivity index (χ0v) is 16.8. The van der Waals surface area contributed by atoms with Crippen molar-refractivity contribution < 1.29 is 0 Å². The second-order valence-corrected chi connectivity index (χ2v) is 8.16. The van der Waals surface area contributed by atoms with Crippen LogP contribution in [-0.4, -0.2) is 14.8 Å². The highest BCUT2D eigenvalue weighted by atomic mass is 32.2. The summed E-state index contributed by atoms with van der Waals surface area (Å²) in [5.74, 6) is 1.94. The standard InChI is InChI=1S/C20H25N3S2/c1-4-8-18-12-17(14-24-18)19-21-22-20(23(19)11-5-2)25-13-16-10-7-6-9-15(16)3/h6-7,9-10,12,14H,4-5,8,11,13H2,1-3H3. The Morgan fingerprint density at radius 1 is 1.12 bits per heavy atom. The van der Waals surface area contributed by atoms with Crippen LogP contribution in [0.15, 0.2) is 40.9 Å². The summed E-state index contributed by atoms with van der Waals surface area (Å²) in [4.78, 5) is 1.43. The van der Waals surface area contributed by atoms with Crippen molar-refractivity contribution in [3.63, 3.8) is 0 Å². The first-order valence-corrected chi connectivity index (χ1v) is 10.8. The molecule has 0 fully saturated rings. The zero-order chi connectivity index (χ0) is 17.6. The molecule has 5 heteroatoms. The van der Waals surface area contributed by atoms with E-state index in [0.29, 0.717) is 0 Å². The lowest BCUT2D eigenvalue weighted by Gasteiger charge is -2.09. The topological polar surface area (TPSA) is 30.7 Å². The summed E-state index contributed by atoms with van der Waals surface area (Å²) in [7, 11) is 0. The van der Waals surface area contributed by atoms with Crippen molar-refractivity contribution in [1.82, 2.24) is 14.8 Å². The Labute approximate surface area is 158 Å². The van der Waals surface area contributed by atoms with Crippen LogP contribution in [-0.2, 0) is 18.7 Å². The van der Waals surface area contributed by atoms with Crippen LogP contribution in [0.5, 0.6) is 0 Å². The van der Waals surface area contributed by atoms with Crippen LogP contribution >= 0.6 is 23.1 Å².